The molecule has 2 rings (SSSR count). The van der Waals surface area contributed by atoms with Crippen LogP contribution in [0.3, 0.4) is 0 Å². The van der Waals surface area contributed by atoms with Crippen LogP contribution < -0.4 is 10.6 Å². The SMILES string of the molecule is CC1NCCCC1Nc1ccc(S(C)(=O)=O)cc1F. The van der Waals surface area contributed by atoms with Crippen LogP contribution in [0.1, 0.15) is 19.8 Å². The van der Waals surface area contributed by atoms with Crippen molar-refractivity contribution in [2.24, 2.45) is 0 Å². The zero-order chi connectivity index (χ0) is 14.0. The number of hydrogen-bond donors (Lipinski definition) is 2. The van der Waals surface area contributed by atoms with E-state index in [2.05, 4.69) is 17.6 Å². The molecule has 1 aromatic rings. The summed E-state index contributed by atoms with van der Waals surface area (Å²) in [5.41, 5.74) is 0.355. The van der Waals surface area contributed by atoms with E-state index in [4.69, 9.17) is 0 Å². The Hall–Kier alpha value is -1.14. The Bertz CT molecular complexity index is 560. The number of nitrogens with one attached hydrogen (secondary N) is 2. The Balaban J connectivity index is 2.17. The van der Waals surface area contributed by atoms with Crippen molar-refractivity contribution in [2.75, 3.05) is 18.1 Å². The van der Waals surface area contributed by atoms with Crippen LogP contribution in [0.2, 0.25) is 0 Å². The van der Waals surface area contributed by atoms with Gasteiger partial charge in [0.15, 0.2) is 9.84 Å². The predicted molar refractivity (Wildman–Crippen MR) is 73.6 cm³/mol. The van der Waals surface area contributed by atoms with Gasteiger partial charge >= 0.3 is 0 Å². The highest BCUT2D eigenvalue weighted by atomic mass is 32.2. The first-order valence-corrected chi connectivity index (χ1v) is 8.26. The van der Waals surface area contributed by atoms with Crippen LogP contribution in [-0.4, -0.2) is 33.3 Å². The molecule has 1 aromatic carbocycles. The maximum Gasteiger partial charge on any atom is 0.175 e. The van der Waals surface area contributed by atoms with Crippen LogP contribution in [-0.2, 0) is 9.84 Å². The van der Waals surface area contributed by atoms with E-state index < -0.39 is 15.7 Å². The van der Waals surface area contributed by atoms with Crippen molar-refractivity contribution in [2.45, 2.75) is 36.7 Å². The molecule has 0 radical (unpaired) electrons. The maximum atomic E-state index is 13.9. The first-order valence-electron chi connectivity index (χ1n) is 6.37. The highest BCUT2D eigenvalue weighted by Crippen LogP contribution is 2.22. The predicted octanol–water partition coefficient (Wildman–Crippen LogP) is 1.78. The third-order valence-electron chi connectivity index (χ3n) is 3.47. The third-order valence-corrected chi connectivity index (χ3v) is 4.58. The second-order valence-electron chi connectivity index (χ2n) is 5.05. The van der Waals surface area contributed by atoms with Gasteiger partial charge in [0, 0.05) is 18.3 Å². The van der Waals surface area contributed by atoms with Gasteiger partial charge < -0.3 is 10.6 Å². The summed E-state index contributed by atoms with van der Waals surface area (Å²) < 4.78 is 36.6. The molecule has 0 aliphatic carbocycles. The second kappa shape index (κ2) is 5.46. The summed E-state index contributed by atoms with van der Waals surface area (Å²) >= 11 is 0. The molecule has 6 heteroatoms. The van der Waals surface area contributed by atoms with Gasteiger partial charge in [0.2, 0.25) is 0 Å². The minimum atomic E-state index is -3.37. The van der Waals surface area contributed by atoms with Crippen molar-refractivity contribution < 1.29 is 12.8 Å². The Morgan fingerprint density at radius 3 is 2.74 bits per heavy atom. The number of rotatable bonds is 3. The number of hydrogen-bond acceptors (Lipinski definition) is 4. The van der Waals surface area contributed by atoms with Crippen LogP contribution in [0.15, 0.2) is 23.1 Å². The van der Waals surface area contributed by atoms with Gasteiger partial charge in [-0.3, -0.25) is 0 Å². The fourth-order valence-corrected chi connectivity index (χ4v) is 2.92. The van der Waals surface area contributed by atoms with E-state index >= 15 is 0 Å². The molecule has 4 nitrogen and oxygen atoms in total. The van der Waals surface area contributed by atoms with Crippen molar-refractivity contribution in [1.29, 1.82) is 0 Å². The molecule has 106 valence electrons. The van der Waals surface area contributed by atoms with Crippen LogP contribution in [0, 0.1) is 5.82 Å². The average Bonchev–Trinajstić information content (AvgIpc) is 2.33. The normalized spacial score (nSPS) is 24.2. The minimum Gasteiger partial charge on any atom is -0.378 e. The van der Waals surface area contributed by atoms with Crippen LogP contribution in [0.25, 0.3) is 0 Å². The van der Waals surface area contributed by atoms with Gasteiger partial charge in [-0.05, 0) is 44.5 Å². The largest absolute Gasteiger partial charge is 0.378 e. The Morgan fingerprint density at radius 2 is 2.16 bits per heavy atom. The molecular formula is C13H19FN2O2S. The van der Waals surface area contributed by atoms with Crippen molar-refractivity contribution >= 4 is 15.5 Å². The van der Waals surface area contributed by atoms with Gasteiger partial charge in [0.05, 0.1) is 10.6 Å². The van der Waals surface area contributed by atoms with Crippen molar-refractivity contribution in [3.63, 3.8) is 0 Å². The monoisotopic (exact) mass is 286 g/mol. The Kier molecular flexibility index (Phi) is 4.10. The van der Waals surface area contributed by atoms with Gasteiger partial charge in [-0.25, -0.2) is 12.8 Å². The summed E-state index contributed by atoms with van der Waals surface area (Å²) in [6.07, 6.45) is 3.09. The fraction of sp³-hybridized carbons (Fsp3) is 0.538. The molecule has 2 atom stereocenters. The van der Waals surface area contributed by atoms with Crippen LogP contribution >= 0.6 is 0 Å². The van der Waals surface area contributed by atoms with E-state index in [1.54, 1.807) is 0 Å². The fourth-order valence-electron chi connectivity index (χ4n) is 2.28. The highest BCUT2D eigenvalue weighted by molar-refractivity contribution is 7.90. The molecule has 0 bridgehead atoms. The zero-order valence-electron chi connectivity index (χ0n) is 11.1. The Morgan fingerprint density at radius 1 is 1.42 bits per heavy atom. The van der Waals surface area contributed by atoms with Gasteiger partial charge in [0.25, 0.3) is 0 Å². The summed E-state index contributed by atoms with van der Waals surface area (Å²) in [6, 6.07) is 4.42. The van der Waals surface area contributed by atoms with E-state index in [9.17, 15) is 12.8 Å². The van der Waals surface area contributed by atoms with Gasteiger partial charge in [-0.15, -0.1) is 0 Å². The lowest BCUT2D eigenvalue weighted by molar-refractivity contribution is 0.388. The molecule has 1 fully saturated rings. The summed E-state index contributed by atoms with van der Waals surface area (Å²) in [6.45, 7) is 3.04. The summed E-state index contributed by atoms with van der Waals surface area (Å²) in [4.78, 5) is 0.00497. The molecule has 1 aliphatic rings. The first-order chi connectivity index (χ1) is 8.88. The van der Waals surface area contributed by atoms with Crippen molar-refractivity contribution in [1.82, 2.24) is 5.32 Å². The molecule has 0 spiro atoms. The van der Waals surface area contributed by atoms with E-state index in [0.29, 0.717) is 5.69 Å². The zero-order valence-corrected chi connectivity index (χ0v) is 11.9. The van der Waals surface area contributed by atoms with E-state index in [0.717, 1.165) is 31.7 Å². The number of piperidine rings is 1. The number of halogens is 1. The maximum absolute atomic E-state index is 13.9. The lowest BCUT2D eigenvalue weighted by Gasteiger charge is -2.31. The molecule has 0 saturated carbocycles. The molecule has 0 amide bonds. The summed E-state index contributed by atoms with van der Waals surface area (Å²) in [5.74, 6) is -0.527. The molecular weight excluding hydrogens is 267 g/mol. The molecule has 1 saturated heterocycles. The second-order valence-corrected chi connectivity index (χ2v) is 7.07. The molecule has 2 unspecified atom stereocenters. The molecule has 2 N–H and O–H groups in total. The molecule has 0 aromatic heterocycles. The van der Waals surface area contributed by atoms with Crippen molar-refractivity contribution in [3.8, 4) is 0 Å². The summed E-state index contributed by atoms with van der Waals surface area (Å²) in [7, 11) is -3.37. The summed E-state index contributed by atoms with van der Waals surface area (Å²) in [5, 5.41) is 6.47. The smallest absolute Gasteiger partial charge is 0.175 e. The topological polar surface area (TPSA) is 58.2 Å². The highest BCUT2D eigenvalue weighted by Gasteiger charge is 2.21. The van der Waals surface area contributed by atoms with Crippen molar-refractivity contribution in [3.05, 3.63) is 24.0 Å². The van der Waals surface area contributed by atoms with Gasteiger partial charge in [0.1, 0.15) is 5.82 Å². The standard InChI is InChI=1S/C13H19FN2O2S/c1-9-12(4-3-7-15-9)16-13-6-5-10(8-11(13)14)19(2,17)18/h5-6,8-9,12,15-16H,3-4,7H2,1-2H3. The third kappa shape index (κ3) is 3.45. The van der Waals surface area contributed by atoms with Gasteiger partial charge in [-0.2, -0.15) is 0 Å². The Labute approximate surface area is 113 Å². The number of benzene rings is 1. The number of sulfone groups is 1. The van der Waals surface area contributed by atoms with Crippen LogP contribution in [0.4, 0.5) is 10.1 Å². The van der Waals surface area contributed by atoms with E-state index in [1.165, 1.54) is 12.1 Å². The molecule has 19 heavy (non-hydrogen) atoms. The van der Waals surface area contributed by atoms with E-state index in [1.807, 2.05) is 0 Å². The average molecular weight is 286 g/mol. The molecule has 1 aliphatic heterocycles. The van der Waals surface area contributed by atoms with Crippen LogP contribution in [0.5, 0.6) is 0 Å². The lowest BCUT2D eigenvalue weighted by atomic mass is 9.99. The minimum absolute atomic E-state index is 0.00497. The molecule has 1 heterocycles. The lowest BCUT2D eigenvalue weighted by Crippen LogP contribution is -2.46. The quantitative estimate of drug-likeness (QED) is 0.889. The first kappa shape index (κ1) is 14.3. The van der Waals surface area contributed by atoms with Gasteiger partial charge in [-0.1, -0.05) is 0 Å². The number of anilines is 1. The van der Waals surface area contributed by atoms with E-state index in [-0.39, 0.29) is 17.0 Å².